The Morgan fingerprint density at radius 3 is 2.76 bits per heavy atom. The third-order valence-electron chi connectivity index (χ3n) is 4.59. The number of tetrazole rings is 1. The number of hydrogen-bond donors (Lipinski definition) is 0. The quantitative estimate of drug-likeness (QED) is 0.510. The van der Waals surface area contributed by atoms with Crippen molar-refractivity contribution in [1.82, 2.24) is 20.2 Å². The van der Waals surface area contributed by atoms with Gasteiger partial charge in [-0.2, -0.15) is 0 Å². The summed E-state index contributed by atoms with van der Waals surface area (Å²) in [6.45, 7) is 0.546. The van der Waals surface area contributed by atoms with Crippen LogP contribution in [-0.2, 0) is 21.2 Å². The number of para-hydroxylation sites is 1. The molecule has 8 nitrogen and oxygen atoms in total. The number of sulfone groups is 1. The molecular weight excluding hydrogens is 430 g/mol. The van der Waals surface area contributed by atoms with Gasteiger partial charge in [-0.25, -0.2) is 13.1 Å². The summed E-state index contributed by atoms with van der Waals surface area (Å²) in [5.41, 5.74) is 0.707. The molecule has 3 aromatic rings. The number of anilines is 1. The Labute approximate surface area is 176 Å². The molecule has 1 fully saturated rings. The highest BCUT2D eigenvalue weighted by molar-refractivity contribution is 7.99. The normalized spacial score (nSPS) is 18.0. The van der Waals surface area contributed by atoms with Gasteiger partial charge in [0, 0.05) is 10.6 Å². The molecule has 0 spiro atoms. The Morgan fingerprint density at radius 2 is 2.07 bits per heavy atom. The summed E-state index contributed by atoms with van der Waals surface area (Å²) in [5.74, 6) is 0.0690. The van der Waals surface area contributed by atoms with E-state index in [1.807, 2.05) is 47.8 Å². The van der Waals surface area contributed by atoms with Crippen LogP contribution >= 0.6 is 23.1 Å². The van der Waals surface area contributed by atoms with Crippen LogP contribution in [0.2, 0.25) is 0 Å². The Bertz CT molecular complexity index is 1070. The highest BCUT2D eigenvalue weighted by Gasteiger charge is 2.35. The molecule has 29 heavy (non-hydrogen) atoms. The van der Waals surface area contributed by atoms with Crippen molar-refractivity contribution in [2.75, 3.05) is 22.2 Å². The third kappa shape index (κ3) is 4.85. The second-order valence-corrected chi connectivity index (χ2v) is 10.8. The average Bonchev–Trinajstić information content (AvgIpc) is 3.44. The molecule has 0 saturated carbocycles. The van der Waals surface area contributed by atoms with Crippen LogP contribution in [-0.4, -0.2) is 57.8 Å². The maximum absolute atomic E-state index is 13.1. The lowest BCUT2D eigenvalue weighted by Gasteiger charge is -2.28. The zero-order valence-electron chi connectivity index (χ0n) is 15.4. The predicted octanol–water partition coefficient (Wildman–Crippen LogP) is 2.10. The van der Waals surface area contributed by atoms with Crippen molar-refractivity contribution in [2.45, 2.75) is 24.2 Å². The smallest absolute Gasteiger partial charge is 0.237 e. The minimum atomic E-state index is -3.11. The van der Waals surface area contributed by atoms with Gasteiger partial charge >= 0.3 is 0 Å². The van der Waals surface area contributed by atoms with Crippen molar-refractivity contribution in [2.24, 2.45) is 0 Å². The van der Waals surface area contributed by atoms with Gasteiger partial charge in [0.25, 0.3) is 0 Å². The third-order valence-corrected chi connectivity index (χ3v) is 8.14. The van der Waals surface area contributed by atoms with E-state index < -0.39 is 9.84 Å². The van der Waals surface area contributed by atoms with Crippen LogP contribution in [0.15, 0.2) is 53.0 Å². The summed E-state index contributed by atoms with van der Waals surface area (Å²) < 4.78 is 25.6. The lowest BCUT2D eigenvalue weighted by molar-refractivity contribution is -0.116. The number of rotatable bonds is 7. The molecule has 1 amide bonds. The van der Waals surface area contributed by atoms with E-state index >= 15 is 0 Å². The van der Waals surface area contributed by atoms with E-state index in [9.17, 15) is 13.2 Å². The number of carbonyl (C=O) groups excluding carboxylic acids is 1. The van der Waals surface area contributed by atoms with Gasteiger partial charge in [-0.05, 0) is 40.4 Å². The number of aromatic nitrogens is 4. The van der Waals surface area contributed by atoms with Gasteiger partial charge in [0.1, 0.15) is 0 Å². The van der Waals surface area contributed by atoms with Crippen LogP contribution in [0, 0.1) is 0 Å². The first kappa shape index (κ1) is 20.0. The Hall–Kier alpha value is -2.24. The van der Waals surface area contributed by atoms with Crippen molar-refractivity contribution >= 4 is 44.5 Å². The van der Waals surface area contributed by atoms with Crippen LogP contribution in [0.4, 0.5) is 5.69 Å². The maximum Gasteiger partial charge on any atom is 0.237 e. The first-order valence-corrected chi connectivity index (χ1v) is 12.7. The van der Waals surface area contributed by atoms with Gasteiger partial charge in [-0.15, -0.1) is 16.4 Å². The van der Waals surface area contributed by atoms with Gasteiger partial charge < -0.3 is 4.90 Å². The second kappa shape index (κ2) is 8.64. The number of thioether (sulfide) groups is 1. The molecule has 11 heteroatoms. The summed E-state index contributed by atoms with van der Waals surface area (Å²) in [4.78, 5) is 15.8. The molecule has 4 rings (SSSR count). The van der Waals surface area contributed by atoms with Gasteiger partial charge in [-0.1, -0.05) is 36.0 Å². The van der Waals surface area contributed by atoms with E-state index in [2.05, 4.69) is 15.5 Å². The molecule has 0 aliphatic carbocycles. The van der Waals surface area contributed by atoms with E-state index in [-0.39, 0.29) is 29.2 Å². The highest BCUT2D eigenvalue weighted by atomic mass is 32.2. The zero-order valence-corrected chi connectivity index (χ0v) is 17.9. The highest BCUT2D eigenvalue weighted by Crippen LogP contribution is 2.26. The lowest BCUT2D eigenvalue weighted by atomic mass is 10.2. The largest absolute Gasteiger partial charge is 0.308 e. The van der Waals surface area contributed by atoms with Crippen molar-refractivity contribution in [3.05, 3.63) is 52.7 Å². The molecule has 2 aromatic heterocycles. The van der Waals surface area contributed by atoms with Gasteiger partial charge in [0.2, 0.25) is 11.1 Å². The van der Waals surface area contributed by atoms with Gasteiger partial charge in [-0.3, -0.25) is 4.79 Å². The molecule has 1 unspecified atom stereocenters. The molecule has 1 saturated heterocycles. The summed E-state index contributed by atoms with van der Waals surface area (Å²) in [7, 11) is -3.11. The number of benzene rings is 1. The number of hydrogen-bond acceptors (Lipinski definition) is 8. The number of carbonyl (C=O) groups is 1. The minimum Gasteiger partial charge on any atom is -0.308 e. The van der Waals surface area contributed by atoms with E-state index in [0.29, 0.717) is 23.8 Å². The van der Waals surface area contributed by atoms with E-state index in [1.54, 1.807) is 20.9 Å². The second-order valence-electron chi connectivity index (χ2n) is 6.64. The molecule has 152 valence electrons. The van der Waals surface area contributed by atoms with Crippen molar-refractivity contribution in [3.63, 3.8) is 0 Å². The summed E-state index contributed by atoms with van der Waals surface area (Å²) >= 11 is 2.87. The van der Waals surface area contributed by atoms with E-state index in [0.717, 1.165) is 4.88 Å². The first-order valence-electron chi connectivity index (χ1n) is 9.01. The summed E-state index contributed by atoms with van der Waals surface area (Å²) in [6, 6.07) is 12.8. The molecule has 1 aliphatic rings. The zero-order chi connectivity index (χ0) is 20.3. The van der Waals surface area contributed by atoms with Crippen molar-refractivity contribution < 1.29 is 13.2 Å². The molecule has 1 atom stereocenters. The molecule has 0 radical (unpaired) electrons. The molecule has 0 N–H and O–H groups in total. The topological polar surface area (TPSA) is 98.1 Å². The van der Waals surface area contributed by atoms with Gasteiger partial charge in [0.05, 0.1) is 29.8 Å². The minimum absolute atomic E-state index is 0.00554. The first-order chi connectivity index (χ1) is 14.0. The van der Waals surface area contributed by atoms with Crippen molar-refractivity contribution in [1.29, 1.82) is 0 Å². The van der Waals surface area contributed by atoms with Gasteiger partial charge in [0.15, 0.2) is 9.84 Å². The van der Waals surface area contributed by atoms with Crippen LogP contribution in [0.5, 0.6) is 0 Å². The molecule has 3 heterocycles. The summed E-state index contributed by atoms with van der Waals surface area (Å²) in [5, 5.41) is 14.3. The fourth-order valence-corrected chi connectivity index (χ4v) is 6.39. The summed E-state index contributed by atoms with van der Waals surface area (Å²) in [6.07, 6.45) is 0.448. The lowest BCUT2D eigenvalue weighted by Crippen LogP contribution is -2.42. The Kier molecular flexibility index (Phi) is 5.97. The van der Waals surface area contributed by atoms with E-state index in [1.165, 1.54) is 11.8 Å². The molecule has 0 bridgehead atoms. The Morgan fingerprint density at radius 1 is 1.24 bits per heavy atom. The Balaban J connectivity index is 1.48. The standard InChI is InChI=1S/C18H19N5O3S3/c24-17(12-28-18-19-20-21-22(18)11-16-7-4-9-27-16)23(14-5-2-1-3-6-14)15-8-10-29(25,26)13-15/h1-7,9,15H,8,10-13H2. The molecular formula is C18H19N5O3S3. The molecule has 1 aromatic carbocycles. The monoisotopic (exact) mass is 449 g/mol. The van der Waals surface area contributed by atoms with E-state index in [4.69, 9.17) is 0 Å². The molecule has 1 aliphatic heterocycles. The fourth-order valence-electron chi connectivity index (χ4n) is 3.27. The SMILES string of the molecule is O=C(CSc1nnnn1Cc1cccs1)N(c1ccccc1)C1CCS(=O)(=O)C1. The maximum atomic E-state index is 13.1. The van der Waals surface area contributed by atoms with Crippen LogP contribution < -0.4 is 4.90 Å². The number of nitrogens with zero attached hydrogens (tertiary/aromatic N) is 5. The number of thiophene rings is 1. The van der Waals surface area contributed by atoms with Crippen LogP contribution in [0.1, 0.15) is 11.3 Å². The predicted molar refractivity (Wildman–Crippen MR) is 113 cm³/mol. The number of amides is 1. The van der Waals surface area contributed by atoms with Crippen LogP contribution in [0.25, 0.3) is 0 Å². The van der Waals surface area contributed by atoms with Crippen LogP contribution in [0.3, 0.4) is 0 Å². The van der Waals surface area contributed by atoms with Crippen molar-refractivity contribution in [3.8, 4) is 0 Å². The fraction of sp³-hybridized carbons (Fsp3) is 0.333. The average molecular weight is 450 g/mol.